The van der Waals surface area contributed by atoms with Gasteiger partial charge >= 0.3 is 0 Å². The Balaban J connectivity index is 1.23. The van der Waals surface area contributed by atoms with Crippen molar-refractivity contribution in [1.29, 1.82) is 0 Å². The van der Waals surface area contributed by atoms with Gasteiger partial charge in [0.25, 0.3) is 0 Å². The average molecular weight is 590 g/mol. The second kappa shape index (κ2) is 9.58. The normalized spacial score (nSPS) is 11.9. The lowest BCUT2D eigenvalue weighted by molar-refractivity contribution is 0.669. The molecule has 0 unspecified atom stereocenters. The summed E-state index contributed by atoms with van der Waals surface area (Å²) >= 11 is 0. The van der Waals surface area contributed by atoms with Gasteiger partial charge in [0.2, 0.25) is 0 Å². The maximum atomic E-state index is 6.39. The van der Waals surface area contributed by atoms with Crippen molar-refractivity contribution >= 4 is 65.4 Å². The van der Waals surface area contributed by atoms with Crippen molar-refractivity contribution in [3.8, 4) is 34.2 Å². The molecule has 0 radical (unpaired) electrons. The van der Waals surface area contributed by atoms with Gasteiger partial charge < -0.3 is 8.83 Å². The van der Waals surface area contributed by atoms with Crippen LogP contribution in [0.25, 0.3) is 99.6 Å². The summed E-state index contributed by atoms with van der Waals surface area (Å²) in [7, 11) is 0. The Kier molecular flexibility index (Phi) is 5.22. The average Bonchev–Trinajstić information content (AvgIpc) is 3.67. The van der Waals surface area contributed by atoms with Crippen molar-refractivity contribution in [2.45, 2.75) is 0 Å². The van der Waals surface area contributed by atoms with Gasteiger partial charge in [-0.15, -0.1) is 0 Å². The third kappa shape index (κ3) is 3.85. The van der Waals surface area contributed by atoms with Crippen molar-refractivity contribution < 1.29 is 8.83 Å². The summed E-state index contributed by atoms with van der Waals surface area (Å²) in [5.41, 5.74) is 5.94. The lowest BCUT2D eigenvalue weighted by Gasteiger charge is -2.10. The van der Waals surface area contributed by atoms with Crippen LogP contribution in [0.3, 0.4) is 0 Å². The van der Waals surface area contributed by atoms with Crippen LogP contribution in [0.2, 0.25) is 0 Å². The van der Waals surface area contributed by atoms with Crippen molar-refractivity contribution in [2.75, 3.05) is 0 Å². The predicted molar refractivity (Wildman–Crippen MR) is 186 cm³/mol. The zero-order valence-electron chi connectivity index (χ0n) is 24.4. The van der Waals surface area contributed by atoms with Gasteiger partial charge in [-0.2, -0.15) is 0 Å². The van der Waals surface area contributed by atoms with E-state index in [4.69, 9.17) is 23.8 Å². The van der Waals surface area contributed by atoms with Gasteiger partial charge in [0.15, 0.2) is 17.5 Å². The molecule has 5 nitrogen and oxygen atoms in total. The van der Waals surface area contributed by atoms with Crippen molar-refractivity contribution in [1.82, 2.24) is 15.0 Å². The first-order valence-electron chi connectivity index (χ1n) is 15.3. The van der Waals surface area contributed by atoms with Gasteiger partial charge in [-0.25, -0.2) is 15.0 Å². The van der Waals surface area contributed by atoms with Crippen LogP contribution < -0.4 is 0 Å². The third-order valence-corrected chi connectivity index (χ3v) is 8.88. The molecule has 3 aromatic heterocycles. The van der Waals surface area contributed by atoms with E-state index in [1.165, 1.54) is 0 Å². The molecule has 0 bridgehead atoms. The zero-order valence-corrected chi connectivity index (χ0v) is 24.4. The molecule has 0 atom stereocenters. The third-order valence-electron chi connectivity index (χ3n) is 8.88. The highest BCUT2D eigenvalue weighted by atomic mass is 16.3. The van der Waals surface area contributed by atoms with Crippen LogP contribution in [0.15, 0.2) is 148 Å². The Hall–Kier alpha value is -6.33. The molecule has 0 saturated carbocycles. The number of nitrogens with zero attached hydrogens (tertiary/aromatic N) is 3. The molecule has 3 heterocycles. The molecule has 10 aromatic rings. The molecule has 5 heteroatoms. The summed E-state index contributed by atoms with van der Waals surface area (Å²) in [6.07, 6.45) is 0. The number of hydrogen-bond donors (Lipinski definition) is 0. The van der Waals surface area contributed by atoms with Crippen molar-refractivity contribution in [2.24, 2.45) is 0 Å². The fourth-order valence-corrected chi connectivity index (χ4v) is 6.65. The van der Waals surface area contributed by atoms with Gasteiger partial charge in [-0.3, -0.25) is 0 Å². The van der Waals surface area contributed by atoms with E-state index in [9.17, 15) is 0 Å². The summed E-state index contributed by atoms with van der Waals surface area (Å²) < 4.78 is 12.6. The highest BCUT2D eigenvalue weighted by Gasteiger charge is 2.19. The number of aromatic nitrogens is 3. The second-order valence-electron chi connectivity index (χ2n) is 11.7. The number of benzene rings is 7. The van der Waals surface area contributed by atoms with Crippen LogP contribution in [0.5, 0.6) is 0 Å². The molecule has 0 aliphatic rings. The molecular formula is C41H23N3O2. The minimum absolute atomic E-state index is 0.575. The number of para-hydroxylation sites is 1. The Morgan fingerprint density at radius 2 is 0.935 bits per heavy atom. The SMILES string of the molecule is c1ccc2cc(-c3nc(-c4ccc5c(c4)oc4ccccc45)nc(-c4cccc5oc6cc7ccccc7cc6c45)n3)ccc2c1. The fraction of sp³-hybridized carbons (Fsp3) is 0. The predicted octanol–water partition coefficient (Wildman–Crippen LogP) is 11.0. The van der Waals surface area contributed by atoms with Crippen LogP contribution in [0.4, 0.5) is 0 Å². The summed E-state index contributed by atoms with van der Waals surface area (Å²) in [5, 5.41) is 8.74. The van der Waals surface area contributed by atoms with E-state index in [0.29, 0.717) is 17.5 Å². The highest BCUT2D eigenvalue weighted by Crippen LogP contribution is 2.39. The van der Waals surface area contributed by atoms with E-state index < -0.39 is 0 Å². The number of rotatable bonds is 3. The summed E-state index contributed by atoms with van der Waals surface area (Å²) in [6.45, 7) is 0. The molecule has 0 N–H and O–H groups in total. The molecule has 0 aliphatic heterocycles. The van der Waals surface area contributed by atoms with Gasteiger partial charge in [-0.05, 0) is 64.0 Å². The Bertz CT molecular complexity index is 2830. The van der Waals surface area contributed by atoms with Gasteiger partial charge in [-0.1, -0.05) is 97.1 Å². The monoisotopic (exact) mass is 589 g/mol. The van der Waals surface area contributed by atoms with Crippen LogP contribution in [0, 0.1) is 0 Å². The maximum Gasteiger partial charge on any atom is 0.164 e. The summed E-state index contributed by atoms with van der Waals surface area (Å²) in [6, 6.07) is 47.6. The lowest BCUT2D eigenvalue weighted by atomic mass is 10.0. The molecule has 0 saturated heterocycles. The quantitative estimate of drug-likeness (QED) is 0.205. The van der Waals surface area contributed by atoms with E-state index in [-0.39, 0.29) is 0 Å². The molecular weight excluding hydrogens is 566 g/mol. The molecule has 0 aliphatic carbocycles. The van der Waals surface area contributed by atoms with Gasteiger partial charge in [0, 0.05) is 38.2 Å². The number of furan rings is 2. The molecule has 10 rings (SSSR count). The van der Waals surface area contributed by atoms with Gasteiger partial charge in [0.1, 0.15) is 22.3 Å². The van der Waals surface area contributed by atoms with E-state index >= 15 is 0 Å². The van der Waals surface area contributed by atoms with Crippen LogP contribution in [0.1, 0.15) is 0 Å². The largest absolute Gasteiger partial charge is 0.456 e. The molecule has 0 fully saturated rings. The van der Waals surface area contributed by atoms with E-state index in [1.807, 2.05) is 48.5 Å². The molecule has 214 valence electrons. The Morgan fingerprint density at radius 3 is 1.78 bits per heavy atom. The number of fused-ring (bicyclic) bond motifs is 8. The lowest BCUT2D eigenvalue weighted by Crippen LogP contribution is -2.00. The van der Waals surface area contributed by atoms with Crippen LogP contribution >= 0.6 is 0 Å². The first-order chi connectivity index (χ1) is 22.7. The molecule has 0 spiro atoms. The van der Waals surface area contributed by atoms with Crippen LogP contribution in [-0.2, 0) is 0 Å². The second-order valence-corrected chi connectivity index (χ2v) is 11.7. The van der Waals surface area contributed by atoms with Crippen molar-refractivity contribution in [3.05, 3.63) is 140 Å². The molecule has 46 heavy (non-hydrogen) atoms. The first kappa shape index (κ1) is 25.0. The minimum atomic E-state index is 0.575. The molecule has 0 amide bonds. The maximum absolute atomic E-state index is 6.39. The minimum Gasteiger partial charge on any atom is -0.456 e. The topological polar surface area (TPSA) is 65.0 Å². The smallest absolute Gasteiger partial charge is 0.164 e. The number of hydrogen-bond acceptors (Lipinski definition) is 5. The first-order valence-corrected chi connectivity index (χ1v) is 15.3. The van der Waals surface area contributed by atoms with Crippen molar-refractivity contribution in [3.63, 3.8) is 0 Å². The summed E-state index contributed by atoms with van der Waals surface area (Å²) in [5.74, 6) is 1.76. The van der Waals surface area contributed by atoms with Crippen LogP contribution in [-0.4, -0.2) is 15.0 Å². The van der Waals surface area contributed by atoms with E-state index in [2.05, 4.69) is 91.0 Å². The van der Waals surface area contributed by atoms with Gasteiger partial charge in [0.05, 0.1) is 0 Å². The Labute approximate surface area is 262 Å². The Morgan fingerprint density at radius 1 is 0.348 bits per heavy atom. The van der Waals surface area contributed by atoms with E-state index in [0.717, 1.165) is 82.1 Å². The fourth-order valence-electron chi connectivity index (χ4n) is 6.65. The zero-order chi connectivity index (χ0) is 30.2. The standard InChI is InChI=1S/C41H23N3O2/c1-2-9-25-20-28(17-16-24(25)8-1)39-42-40(29-18-19-31-30-12-5-6-14-34(30)45-36(31)23-29)44-41(43-39)32-13-7-15-35-38(32)33-21-26-10-3-4-11-27(26)22-37(33)46-35/h1-23H. The van der Waals surface area contributed by atoms with E-state index in [1.54, 1.807) is 0 Å². The molecule has 7 aromatic carbocycles. The summed E-state index contributed by atoms with van der Waals surface area (Å²) in [4.78, 5) is 15.3. The highest BCUT2D eigenvalue weighted by molar-refractivity contribution is 6.15.